The number of aromatic hydroxyl groups is 1. The van der Waals surface area contributed by atoms with E-state index in [-0.39, 0.29) is 11.8 Å². The fraction of sp³-hybridized carbons (Fsp3) is 0.429. The van der Waals surface area contributed by atoms with Crippen molar-refractivity contribution in [3.63, 3.8) is 0 Å². The third-order valence-electron chi connectivity index (χ3n) is 3.04. The Morgan fingerprint density at radius 1 is 1.32 bits per heavy atom. The Balaban J connectivity index is 2.10. The van der Waals surface area contributed by atoms with E-state index in [1.807, 2.05) is 19.2 Å². The molecule has 3 N–H and O–H groups in total. The molecule has 0 aliphatic heterocycles. The van der Waals surface area contributed by atoms with Gasteiger partial charge in [0.1, 0.15) is 11.6 Å². The molecule has 2 rings (SSSR count). The Hall–Kier alpha value is -1.88. The summed E-state index contributed by atoms with van der Waals surface area (Å²) >= 11 is 0. The topological polar surface area (TPSA) is 77.0 Å². The summed E-state index contributed by atoms with van der Waals surface area (Å²) in [6, 6.07) is 6.90. The highest BCUT2D eigenvalue weighted by Gasteiger charge is 2.15. The zero-order chi connectivity index (χ0) is 13.8. The van der Waals surface area contributed by atoms with Crippen LogP contribution in [0.4, 0.5) is 0 Å². The molecule has 0 radical (unpaired) electrons. The summed E-state index contributed by atoms with van der Waals surface area (Å²) in [4.78, 5) is 4.49. The van der Waals surface area contributed by atoms with Gasteiger partial charge >= 0.3 is 0 Å². The van der Waals surface area contributed by atoms with Crippen molar-refractivity contribution in [3.05, 3.63) is 41.5 Å². The molecule has 0 amide bonds. The van der Waals surface area contributed by atoms with E-state index in [1.165, 1.54) is 0 Å². The third-order valence-corrected chi connectivity index (χ3v) is 3.04. The Morgan fingerprint density at radius 2 is 2.00 bits per heavy atom. The fourth-order valence-corrected chi connectivity index (χ4v) is 2.08. The van der Waals surface area contributed by atoms with Crippen LogP contribution in [0.2, 0.25) is 0 Å². The van der Waals surface area contributed by atoms with E-state index in [0.717, 1.165) is 30.1 Å². The lowest BCUT2D eigenvalue weighted by Crippen LogP contribution is -2.18. The van der Waals surface area contributed by atoms with E-state index in [4.69, 9.17) is 5.73 Å². The highest BCUT2D eigenvalue weighted by molar-refractivity contribution is 5.26. The van der Waals surface area contributed by atoms with Crippen molar-refractivity contribution in [1.29, 1.82) is 0 Å². The molecule has 1 aromatic carbocycles. The van der Waals surface area contributed by atoms with E-state index in [9.17, 15) is 5.11 Å². The van der Waals surface area contributed by atoms with Crippen molar-refractivity contribution in [2.75, 3.05) is 0 Å². The SMILES string of the molecule is CCCc1nc(C(N)Cc2ccc(O)cc2)n(C)n1. The summed E-state index contributed by atoms with van der Waals surface area (Å²) < 4.78 is 1.76. The molecule has 0 saturated heterocycles. The van der Waals surface area contributed by atoms with Crippen LogP contribution in [0.5, 0.6) is 5.75 Å². The normalized spacial score (nSPS) is 12.6. The molecular formula is C14H20N4O. The maximum atomic E-state index is 9.26. The Bertz CT molecular complexity index is 533. The quantitative estimate of drug-likeness (QED) is 0.858. The minimum atomic E-state index is -0.187. The number of hydrogen-bond donors (Lipinski definition) is 2. The summed E-state index contributed by atoms with van der Waals surface area (Å²) in [6.45, 7) is 2.10. The van der Waals surface area contributed by atoms with Crippen LogP contribution in [0.25, 0.3) is 0 Å². The lowest BCUT2D eigenvalue weighted by Gasteiger charge is -2.10. The molecular weight excluding hydrogens is 240 g/mol. The van der Waals surface area contributed by atoms with Gasteiger partial charge in [-0.3, -0.25) is 4.68 Å². The number of nitrogens with zero attached hydrogens (tertiary/aromatic N) is 3. The smallest absolute Gasteiger partial charge is 0.151 e. The zero-order valence-electron chi connectivity index (χ0n) is 11.4. The number of rotatable bonds is 5. The molecule has 5 nitrogen and oxygen atoms in total. The summed E-state index contributed by atoms with van der Waals surface area (Å²) in [5, 5.41) is 13.6. The predicted octanol–water partition coefficient (Wildman–Crippen LogP) is 1.72. The number of benzene rings is 1. The maximum Gasteiger partial charge on any atom is 0.151 e. The number of aryl methyl sites for hydroxylation is 2. The first-order valence-electron chi connectivity index (χ1n) is 6.53. The van der Waals surface area contributed by atoms with E-state index >= 15 is 0 Å². The van der Waals surface area contributed by atoms with Crippen molar-refractivity contribution < 1.29 is 5.11 Å². The average molecular weight is 260 g/mol. The summed E-state index contributed by atoms with van der Waals surface area (Å²) in [5.41, 5.74) is 7.26. The molecule has 0 fully saturated rings. The highest BCUT2D eigenvalue weighted by Crippen LogP contribution is 2.17. The monoisotopic (exact) mass is 260 g/mol. The van der Waals surface area contributed by atoms with Crippen molar-refractivity contribution in [2.45, 2.75) is 32.2 Å². The van der Waals surface area contributed by atoms with Gasteiger partial charge < -0.3 is 10.8 Å². The predicted molar refractivity (Wildman–Crippen MR) is 73.7 cm³/mol. The van der Waals surface area contributed by atoms with Gasteiger partial charge in [0.25, 0.3) is 0 Å². The van der Waals surface area contributed by atoms with Gasteiger partial charge in [-0.2, -0.15) is 5.10 Å². The lowest BCUT2D eigenvalue weighted by atomic mass is 10.1. The second-order valence-corrected chi connectivity index (χ2v) is 4.74. The van der Waals surface area contributed by atoms with Gasteiger partial charge in [-0.25, -0.2) is 4.98 Å². The van der Waals surface area contributed by atoms with Crippen LogP contribution in [0, 0.1) is 0 Å². The zero-order valence-corrected chi connectivity index (χ0v) is 11.4. The Morgan fingerprint density at radius 3 is 2.63 bits per heavy atom. The molecule has 1 heterocycles. The van der Waals surface area contributed by atoms with Crippen LogP contribution in [0.3, 0.4) is 0 Å². The summed E-state index contributed by atoms with van der Waals surface area (Å²) in [7, 11) is 1.87. The van der Waals surface area contributed by atoms with Crippen LogP contribution in [-0.4, -0.2) is 19.9 Å². The molecule has 0 saturated carbocycles. The van der Waals surface area contributed by atoms with Crippen LogP contribution in [0.15, 0.2) is 24.3 Å². The summed E-state index contributed by atoms with van der Waals surface area (Å²) in [6.07, 6.45) is 2.58. The second-order valence-electron chi connectivity index (χ2n) is 4.74. The molecule has 5 heteroatoms. The fourth-order valence-electron chi connectivity index (χ4n) is 2.08. The molecule has 2 aromatic rings. The van der Waals surface area contributed by atoms with Crippen molar-refractivity contribution in [2.24, 2.45) is 12.8 Å². The number of aromatic nitrogens is 3. The highest BCUT2D eigenvalue weighted by atomic mass is 16.3. The minimum absolute atomic E-state index is 0.187. The maximum absolute atomic E-state index is 9.26. The second kappa shape index (κ2) is 5.84. The number of phenols is 1. The number of hydrogen-bond acceptors (Lipinski definition) is 4. The van der Waals surface area contributed by atoms with Crippen molar-refractivity contribution in [1.82, 2.24) is 14.8 Å². The molecule has 102 valence electrons. The molecule has 0 aliphatic rings. The van der Waals surface area contributed by atoms with Gasteiger partial charge in [0.05, 0.1) is 6.04 Å². The minimum Gasteiger partial charge on any atom is -0.508 e. The van der Waals surface area contributed by atoms with Crippen molar-refractivity contribution >= 4 is 0 Å². The van der Waals surface area contributed by atoms with E-state index in [1.54, 1.807) is 16.8 Å². The Labute approximate surface area is 113 Å². The molecule has 1 aromatic heterocycles. The standard InChI is InChI=1S/C14H20N4O/c1-3-4-13-16-14(18(2)17-13)12(15)9-10-5-7-11(19)8-6-10/h5-8,12,19H,3-4,9,15H2,1-2H3. The van der Waals surface area contributed by atoms with Crippen LogP contribution < -0.4 is 5.73 Å². The average Bonchev–Trinajstić information content (AvgIpc) is 2.74. The number of nitrogens with two attached hydrogens (primary N) is 1. The first-order chi connectivity index (χ1) is 9.10. The van der Waals surface area contributed by atoms with Gasteiger partial charge in [-0.1, -0.05) is 19.1 Å². The first kappa shape index (κ1) is 13.5. The lowest BCUT2D eigenvalue weighted by molar-refractivity contribution is 0.475. The van der Waals surface area contributed by atoms with E-state index < -0.39 is 0 Å². The molecule has 0 spiro atoms. The number of phenolic OH excluding ortho intramolecular Hbond substituents is 1. The van der Waals surface area contributed by atoms with Crippen LogP contribution >= 0.6 is 0 Å². The van der Waals surface area contributed by atoms with Gasteiger partial charge in [0, 0.05) is 13.5 Å². The molecule has 0 bridgehead atoms. The van der Waals surface area contributed by atoms with Gasteiger partial charge in [-0.05, 0) is 30.5 Å². The van der Waals surface area contributed by atoms with Crippen LogP contribution in [-0.2, 0) is 19.9 Å². The molecule has 1 atom stereocenters. The van der Waals surface area contributed by atoms with Gasteiger partial charge in [-0.15, -0.1) is 0 Å². The van der Waals surface area contributed by atoms with E-state index in [0.29, 0.717) is 6.42 Å². The first-order valence-corrected chi connectivity index (χ1v) is 6.53. The van der Waals surface area contributed by atoms with Gasteiger partial charge in [0.15, 0.2) is 5.82 Å². The molecule has 0 aliphatic carbocycles. The molecule has 19 heavy (non-hydrogen) atoms. The van der Waals surface area contributed by atoms with Gasteiger partial charge in [0.2, 0.25) is 0 Å². The Kier molecular flexibility index (Phi) is 4.16. The summed E-state index contributed by atoms with van der Waals surface area (Å²) in [5.74, 6) is 1.92. The van der Waals surface area contributed by atoms with Crippen LogP contribution in [0.1, 0.15) is 36.6 Å². The third kappa shape index (κ3) is 3.32. The molecule has 1 unspecified atom stereocenters. The van der Waals surface area contributed by atoms with Crippen molar-refractivity contribution in [3.8, 4) is 5.75 Å². The largest absolute Gasteiger partial charge is 0.508 e. The van der Waals surface area contributed by atoms with E-state index in [2.05, 4.69) is 17.0 Å².